The highest BCUT2D eigenvalue weighted by Crippen LogP contribution is 2.64. The van der Waals surface area contributed by atoms with Gasteiger partial charge in [0.1, 0.15) is 0 Å². The summed E-state index contributed by atoms with van der Waals surface area (Å²) >= 11 is 0. The molecule has 0 N–H and O–H groups in total. The third-order valence-electron chi connectivity index (χ3n) is 27.1. The van der Waals surface area contributed by atoms with Crippen LogP contribution in [0.15, 0.2) is 291 Å². The van der Waals surface area contributed by atoms with Crippen molar-refractivity contribution in [3.63, 3.8) is 0 Å². The van der Waals surface area contributed by atoms with Gasteiger partial charge in [0.05, 0.1) is 0 Å². The Labute approximate surface area is 637 Å². The van der Waals surface area contributed by atoms with Crippen LogP contribution in [0.4, 0.5) is 17.1 Å². The van der Waals surface area contributed by atoms with Gasteiger partial charge in [-0.15, -0.1) is 0 Å². The molecule has 20 rings (SSSR count). The molecule has 0 radical (unpaired) electrons. The van der Waals surface area contributed by atoms with Gasteiger partial charge in [0, 0.05) is 50.0 Å². The molecule has 0 spiro atoms. The standard InChI is InChI=1S/C52H43N3.C52H47N/c1-50(2)43-29-37(32-21-23-36(24-22-32)49-54-47(34-16-9-7-10-17-34)53-48(55-49)35-18-11-8-12-19-35)25-27-39(43)40-30-45-41(31-44(40)50)46-38-20-14-13-15-33(38)26-28-42(46)51(3,4)52(45,5)6;1-49(2)42-21-15-14-20-37(42)38-25-23-34(30-44(38)49)53(33-17-10-9-11-18-33)35-24-26-39-40-27-28-41-46-36-19-13-12-16-32(36)22-29-43(46)51(5,6)52(7,8)48(41)47(40)50(3,4)45(39)31-35/h7-31H,1-6H3;9-31H,1-8H3. The third-order valence-corrected chi connectivity index (χ3v) is 27.1. The molecule has 15 aromatic rings. The van der Waals surface area contributed by atoms with Gasteiger partial charge in [-0.3, -0.25) is 0 Å². The molecule has 0 bridgehead atoms. The van der Waals surface area contributed by atoms with Gasteiger partial charge in [0.2, 0.25) is 0 Å². The lowest BCUT2D eigenvalue weighted by atomic mass is 9.53. The fourth-order valence-electron chi connectivity index (χ4n) is 19.7. The normalized spacial score (nSPS) is 16.4. The van der Waals surface area contributed by atoms with E-state index in [2.05, 4.69) is 332 Å². The van der Waals surface area contributed by atoms with Crippen LogP contribution >= 0.6 is 0 Å². The zero-order valence-electron chi connectivity index (χ0n) is 64.5. The van der Waals surface area contributed by atoms with Gasteiger partial charge < -0.3 is 4.90 Å². The molecule has 0 fully saturated rings. The molecule has 5 aliphatic carbocycles. The van der Waals surface area contributed by atoms with Gasteiger partial charge in [-0.05, 0) is 220 Å². The van der Waals surface area contributed by atoms with Crippen molar-refractivity contribution >= 4 is 38.6 Å². The number of hydrogen-bond acceptors (Lipinski definition) is 4. The molecular weight excluding hydrogens is 1310 g/mol. The van der Waals surface area contributed by atoms with Crippen LogP contribution in [0.5, 0.6) is 0 Å². The van der Waals surface area contributed by atoms with Gasteiger partial charge in [-0.2, -0.15) is 0 Å². The maximum absolute atomic E-state index is 4.95. The Hall–Kier alpha value is -11.6. The average molecular weight is 1400 g/mol. The second kappa shape index (κ2) is 23.7. The zero-order chi connectivity index (χ0) is 74.3. The van der Waals surface area contributed by atoms with Crippen LogP contribution in [0.1, 0.15) is 153 Å². The van der Waals surface area contributed by atoms with Crippen molar-refractivity contribution in [2.75, 3.05) is 4.90 Å². The van der Waals surface area contributed by atoms with Crippen LogP contribution in [0.3, 0.4) is 0 Å². The van der Waals surface area contributed by atoms with Crippen LogP contribution in [0, 0.1) is 0 Å². The van der Waals surface area contributed by atoms with Gasteiger partial charge in [0.25, 0.3) is 0 Å². The Kier molecular flexibility index (Phi) is 14.7. The SMILES string of the molecule is CC1(C)c2cc(-c3ccc(-c4nc(-c5ccccc5)nc(-c5ccccc5)n4)cc3)ccc2-c2cc3c(cc21)-c1c(ccc2ccccc12)C(C)(C)C3(C)C.CC1(C)c2ccccc2-c2ccc(N(c3ccccc3)c3ccc4c(c3)C(C)(C)c3c-4ccc4c3C(C)(C)C(C)(C)c3ccc5ccccc5c3-4)cc21. The minimum absolute atomic E-state index is 0.0475. The van der Waals surface area contributed by atoms with Crippen molar-refractivity contribution in [2.45, 2.75) is 135 Å². The van der Waals surface area contributed by atoms with Crippen molar-refractivity contribution < 1.29 is 0 Å². The van der Waals surface area contributed by atoms with Gasteiger partial charge in [-0.25, -0.2) is 15.0 Å². The summed E-state index contributed by atoms with van der Waals surface area (Å²) in [4.78, 5) is 17.2. The summed E-state index contributed by atoms with van der Waals surface area (Å²) in [6.07, 6.45) is 0. The molecule has 0 unspecified atom stereocenters. The smallest absolute Gasteiger partial charge is 0.164 e. The number of aromatic nitrogens is 3. The molecule has 4 nitrogen and oxygen atoms in total. The van der Waals surface area contributed by atoms with Crippen LogP contribution in [-0.2, 0) is 37.9 Å². The largest absolute Gasteiger partial charge is 0.310 e. The van der Waals surface area contributed by atoms with E-state index in [0.29, 0.717) is 17.5 Å². The van der Waals surface area contributed by atoms with Crippen LogP contribution in [0.2, 0.25) is 0 Å². The quantitative estimate of drug-likeness (QED) is 0.159. The van der Waals surface area contributed by atoms with Gasteiger partial charge >= 0.3 is 0 Å². The summed E-state index contributed by atoms with van der Waals surface area (Å²) in [7, 11) is 0. The summed E-state index contributed by atoms with van der Waals surface area (Å²) < 4.78 is 0. The molecular formula is C104H90N4. The molecule has 1 heterocycles. The second-order valence-electron chi connectivity index (χ2n) is 34.7. The number of hydrogen-bond donors (Lipinski definition) is 0. The first-order valence-corrected chi connectivity index (χ1v) is 38.6. The van der Waals surface area contributed by atoms with Crippen molar-refractivity contribution in [1.29, 1.82) is 0 Å². The highest BCUT2D eigenvalue weighted by atomic mass is 15.1. The van der Waals surface area contributed by atoms with E-state index in [-0.39, 0.29) is 37.9 Å². The fraction of sp³-hybridized carbons (Fsp3) is 0.202. The Morgan fingerprint density at radius 1 is 0.213 bits per heavy atom. The minimum atomic E-state index is -0.203. The van der Waals surface area contributed by atoms with Crippen LogP contribution < -0.4 is 4.90 Å². The first kappa shape index (κ1) is 67.0. The van der Waals surface area contributed by atoms with Crippen LogP contribution in [0.25, 0.3) is 122 Å². The van der Waals surface area contributed by atoms with E-state index in [9.17, 15) is 0 Å². The van der Waals surface area contributed by atoms with E-state index >= 15 is 0 Å². The molecule has 0 atom stereocenters. The Bertz CT molecular complexity index is 6190. The number of nitrogens with zero attached hydrogens (tertiary/aromatic N) is 4. The summed E-state index contributed by atoms with van der Waals surface area (Å²) in [5, 5.41) is 5.29. The van der Waals surface area contributed by atoms with E-state index in [1.807, 2.05) is 60.7 Å². The monoisotopic (exact) mass is 1390 g/mol. The number of anilines is 3. The molecule has 0 amide bonds. The predicted molar refractivity (Wildman–Crippen MR) is 453 cm³/mol. The summed E-state index contributed by atoms with van der Waals surface area (Å²) in [5.74, 6) is 1.99. The van der Waals surface area contributed by atoms with Crippen LogP contribution in [-0.4, -0.2) is 15.0 Å². The number of para-hydroxylation sites is 1. The third kappa shape index (κ3) is 9.70. The van der Waals surface area contributed by atoms with Crippen molar-refractivity contribution in [1.82, 2.24) is 15.0 Å². The molecule has 108 heavy (non-hydrogen) atoms. The average Bonchev–Trinajstić information content (AvgIpc) is 1.37. The lowest BCUT2D eigenvalue weighted by Crippen LogP contribution is -2.45. The highest BCUT2D eigenvalue weighted by molar-refractivity contribution is 6.05. The Balaban J connectivity index is 0.000000147. The lowest BCUT2D eigenvalue weighted by molar-refractivity contribution is 0.295. The maximum atomic E-state index is 4.95. The summed E-state index contributed by atoms with van der Waals surface area (Å²) in [5.41, 5.74) is 36.1. The number of fused-ring (bicyclic) bond motifs is 20. The van der Waals surface area contributed by atoms with Crippen molar-refractivity contribution in [2.24, 2.45) is 0 Å². The first-order chi connectivity index (χ1) is 51.8. The highest BCUT2D eigenvalue weighted by Gasteiger charge is 2.52. The Morgan fingerprint density at radius 2 is 0.602 bits per heavy atom. The van der Waals surface area contributed by atoms with Gasteiger partial charge in [0.15, 0.2) is 17.5 Å². The fourth-order valence-corrected chi connectivity index (χ4v) is 19.7. The van der Waals surface area contributed by atoms with E-state index in [0.717, 1.165) is 22.4 Å². The predicted octanol–water partition coefficient (Wildman–Crippen LogP) is 27.4. The molecule has 5 aliphatic rings. The minimum Gasteiger partial charge on any atom is -0.310 e. The van der Waals surface area contributed by atoms with Gasteiger partial charge in [-0.1, -0.05) is 334 Å². The van der Waals surface area contributed by atoms with E-state index in [1.54, 1.807) is 0 Å². The zero-order valence-corrected chi connectivity index (χ0v) is 64.5. The number of benzene rings is 14. The molecule has 0 saturated carbocycles. The molecule has 0 saturated heterocycles. The number of rotatable bonds is 7. The first-order valence-electron chi connectivity index (χ1n) is 38.6. The summed E-state index contributed by atoms with van der Waals surface area (Å²) in [6.45, 7) is 34.1. The lowest BCUT2D eigenvalue weighted by Gasteiger charge is -2.50. The summed E-state index contributed by atoms with van der Waals surface area (Å²) in [6, 6.07) is 107. The molecule has 14 aromatic carbocycles. The molecule has 1 aromatic heterocycles. The van der Waals surface area contributed by atoms with E-state index in [1.165, 1.54) is 155 Å². The van der Waals surface area contributed by atoms with Crippen molar-refractivity contribution in [3.05, 3.63) is 347 Å². The second-order valence-corrected chi connectivity index (χ2v) is 34.7. The topological polar surface area (TPSA) is 41.9 Å². The molecule has 0 aliphatic heterocycles. The van der Waals surface area contributed by atoms with Crippen molar-refractivity contribution in [3.8, 4) is 101 Å². The maximum Gasteiger partial charge on any atom is 0.164 e. The molecule has 4 heteroatoms. The Morgan fingerprint density at radius 3 is 1.19 bits per heavy atom. The molecule has 526 valence electrons. The van der Waals surface area contributed by atoms with E-state index < -0.39 is 0 Å². The van der Waals surface area contributed by atoms with E-state index in [4.69, 9.17) is 15.0 Å².